The lowest BCUT2D eigenvalue weighted by Crippen LogP contribution is -2.21. The van der Waals surface area contributed by atoms with E-state index in [1.807, 2.05) is 0 Å². The van der Waals surface area contributed by atoms with Gasteiger partial charge in [-0.3, -0.25) is 0 Å². The molecular weight excluding hydrogens is 188 g/mol. The lowest BCUT2D eigenvalue weighted by Gasteiger charge is -2.19. The molecule has 2 heteroatoms. The van der Waals surface area contributed by atoms with Crippen molar-refractivity contribution >= 4 is 0 Å². The van der Waals surface area contributed by atoms with Crippen LogP contribution in [0.25, 0.3) is 0 Å². The van der Waals surface area contributed by atoms with Gasteiger partial charge in [-0.05, 0) is 45.4 Å². The van der Waals surface area contributed by atoms with Crippen molar-refractivity contribution in [2.24, 2.45) is 0 Å². The molecule has 1 saturated heterocycles. The van der Waals surface area contributed by atoms with Crippen molar-refractivity contribution in [1.29, 1.82) is 0 Å². The Balaban J connectivity index is 1.77. The maximum Gasteiger partial charge on any atom is 0.0834 e. The molecule has 1 saturated carbocycles. The highest BCUT2D eigenvalue weighted by Gasteiger charge is 2.22. The van der Waals surface area contributed by atoms with Crippen LogP contribution >= 0.6 is 0 Å². The molecule has 0 bridgehead atoms. The van der Waals surface area contributed by atoms with E-state index in [4.69, 9.17) is 9.47 Å². The molecule has 2 rings (SSSR count). The van der Waals surface area contributed by atoms with Crippen LogP contribution < -0.4 is 0 Å². The van der Waals surface area contributed by atoms with Gasteiger partial charge in [-0.25, -0.2) is 0 Å². The monoisotopic (exact) mass is 210 g/mol. The van der Waals surface area contributed by atoms with Crippen molar-refractivity contribution < 1.29 is 9.47 Å². The van der Waals surface area contributed by atoms with Gasteiger partial charge in [0.05, 0.1) is 18.8 Å². The zero-order valence-corrected chi connectivity index (χ0v) is 9.71. The number of ether oxygens (including phenoxy) is 2. The fraction of sp³-hybridized carbons (Fsp3) is 0.846. The molecule has 0 amide bonds. The van der Waals surface area contributed by atoms with Gasteiger partial charge < -0.3 is 9.47 Å². The van der Waals surface area contributed by atoms with Gasteiger partial charge in [-0.15, -0.1) is 0 Å². The van der Waals surface area contributed by atoms with E-state index >= 15 is 0 Å². The van der Waals surface area contributed by atoms with Gasteiger partial charge in [0.2, 0.25) is 0 Å². The fourth-order valence-corrected chi connectivity index (χ4v) is 2.49. The molecule has 0 spiro atoms. The Morgan fingerprint density at radius 1 is 1.20 bits per heavy atom. The Bertz CT molecular complexity index is 217. The summed E-state index contributed by atoms with van der Waals surface area (Å²) >= 11 is 0. The lowest BCUT2D eigenvalue weighted by atomic mass is 10.1. The zero-order chi connectivity index (χ0) is 10.5. The topological polar surface area (TPSA) is 18.5 Å². The Labute approximate surface area is 92.6 Å². The van der Waals surface area contributed by atoms with Gasteiger partial charge >= 0.3 is 0 Å². The number of hydrogen-bond acceptors (Lipinski definition) is 2. The minimum atomic E-state index is 0.377. The Kier molecular flexibility index (Phi) is 4.21. The van der Waals surface area contributed by atoms with Gasteiger partial charge in [-0.1, -0.05) is 11.6 Å². The van der Waals surface area contributed by atoms with Crippen LogP contribution in [0, 0.1) is 0 Å². The molecule has 0 radical (unpaired) electrons. The summed E-state index contributed by atoms with van der Waals surface area (Å²) < 4.78 is 11.4. The number of rotatable bonds is 2. The number of hydrogen-bond donors (Lipinski definition) is 0. The molecule has 2 nitrogen and oxygen atoms in total. The molecular formula is C13H22O2. The summed E-state index contributed by atoms with van der Waals surface area (Å²) in [6.45, 7) is 3.85. The first-order chi connectivity index (χ1) is 7.38. The summed E-state index contributed by atoms with van der Waals surface area (Å²) in [5.41, 5.74) is 1.61. The highest BCUT2D eigenvalue weighted by atomic mass is 16.5. The minimum Gasteiger partial charge on any atom is -0.379 e. The van der Waals surface area contributed by atoms with Crippen LogP contribution in [0.3, 0.4) is 0 Å². The second kappa shape index (κ2) is 5.66. The van der Waals surface area contributed by atoms with E-state index < -0.39 is 0 Å². The highest BCUT2D eigenvalue weighted by molar-refractivity contribution is 5.02. The molecule has 86 valence electrons. The molecule has 0 N–H and O–H groups in total. The third kappa shape index (κ3) is 3.32. The zero-order valence-electron chi connectivity index (χ0n) is 9.71. The first-order valence-corrected chi connectivity index (χ1v) is 6.25. The van der Waals surface area contributed by atoms with Gasteiger partial charge in [0.25, 0.3) is 0 Å². The van der Waals surface area contributed by atoms with Crippen LogP contribution in [-0.2, 0) is 9.47 Å². The van der Waals surface area contributed by atoms with Gasteiger partial charge in [0.15, 0.2) is 0 Å². The van der Waals surface area contributed by atoms with Gasteiger partial charge in [-0.2, -0.15) is 0 Å². The van der Waals surface area contributed by atoms with E-state index in [0.29, 0.717) is 12.2 Å². The smallest absolute Gasteiger partial charge is 0.0834 e. The van der Waals surface area contributed by atoms with E-state index in [2.05, 4.69) is 13.0 Å². The number of allylic oxidation sites excluding steroid dienone is 2. The van der Waals surface area contributed by atoms with E-state index in [-0.39, 0.29) is 0 Å². The van der Waals surface area contributed by atoms with Crippen molar-refractivity contribution in [3.05, 3.63) is 11.6 Å². The third-order valence-corrected chi connectivity index (χ3v) is 3.49. The SMILES string of the molecule is C/C=C1/CCCC(OC2CCOC2)CC1. The van der Waals surface area contributed by atoms with Gasteiger partial charge in [0.1, 0.15) is 0 Å². The third-order valence-electron chi connectivity index (χ3n) is 3.49. The molecule has 0 aromatic rings. The average Bonchev–Trinajstić information content (AvgIpc) is 2.64. The molecule has 1 aliphatic carbocycles. The highest BCUT2D eigenvalue weighted by Crippen LogP contribution is 2.26. The van der Waals surface area contributed by atoms with Crippen LogP contribution in [0.5, 0.6) is 0 Å². The lowest BCUT2D eigenvalue weighted by molar-refractivity contribution is -0.0218. The first kappa shape index (κ1) is 11.2. The van der Waals surface area contributed by atoms with Gasteiger partial charge in [0, 0.05) is 6.61 Å². The van der Waals surface area contributed by atoms with Crippen molar-refractivity contribution in [3.63, 3.8) is 0 Å². The molecule has 2 unspecified atom stereocenters. The van der Waals surface area contributed by atoms with E-state index in [9.17, 15) is 0 Å². The molecule has 2 atom stereocenters. The normalized spacial score (nSPS) is 35.7. The molecule has 0 aromatic carbocycles. The Hall–Kier alpha value is -0.340. The van der Waals surface area contributed by atoms with Crippen molar-refractivity contribution in [2.45, 2.75) is 57.7 Å². The molecule has 1 heterocycles. The summed E-state index contributed by atoms with van der Waals surface area (Å²) in [6, 6.07) is 0. The quantitative estimate of drug-likeness (QED) is 0.515. The van der Waals surface area contributed by atoms with Crippen LogP contribution in [0.1, 0.15) is 45.4 Å². The summed E-state index contributed by atoms with van der Waals surface area (Å²) in [6.07, 6.45) is 10.5. The Morgan fingerprint density at radius 3 is 2.87 bits per heavy atom. The van der Waals surface area contributed by atoms with E-state index in [0.717, 1.165) is 19.6 Å². The fourth-order valence-electron chi connectivity index (χ4n) is 2.49. The van der Waals surface area contributed by atoms with Crippen LogP contribution in [0.4, 0.5) is 0 Å². The second-order valence-electron chi connectivity index (χ2n) is 4.62. The average molecular weight is 210 g/mol. The van der Waals surface area contributed by atoms with Crippen LogP contribution in [0.2, 0.25) is 0 Å². The van der Waals surface area contributed by atoms with E-state index in [1.54, 1.807) is 5.57 Å². The first-order valence-electron chi connectivity index (χ1n) is 6.25. The summed E-state index contributed by atoms with van der Waals surface area (Å²) in [5, 5.41) is 0. The molecule has 1 aliphatic heterocycles. The van der Waals surface area contributed by atoms with Crippen LogP contribution in [0.15, 0.2) is 11.6 Å². The summed E-state index contributed by atoms with van der Waals surface area (Å²) in [7, 11) is 0. The standard InChI is InChI=1S/C13H22O2/c1-2-11-4-3-5-12(7-6-11)15-13-8-9-14-10-13/h2,12-13H,3-10H2,1H3/b11-2-. The predicted octanol–water partition coefficient (Wildman–Crippen LogP) is 3.07. The maximum absolute atomic E-state index is 6.07. The van der Waals surface area contributed by atoms with Crippen LogP contribution in [-0.4, -0.2) is 25.4 Å². The second-order valence-corrected chi connectivity index (χ2v) is 4.62. The van der Waals surface area contributed by atoms with Crippen molar-refractivity contribution in [2.75, 3.05) is 13.2 Å². The molecule has 0 aromatic heterocycles. The van der Waals surface area contributed by atoms with E-state index in [1.165, 1.54) is 32.1 Å². The minimum absolute atomic E-state index is 0.377. The molecule has 2 fully saturated rings. The van der Waals surface area contributed by atoms with Crippen molar-refractivity contribution in [1.82, 2.24) is 0 Å². The molecule has 2 aliphatic rings. The maximum atomic E-state index is 6.07. The summed E-state index contributed by atoms with van der Waals surface area (Å²) in [4.78, 5) is 0. The summed E-state index contributed by atoms with van der Waals surface area (Å²) in [5.74, 6) is 0. The largest absolute Gasteiger partial charge is 0.379 e. The van der Waals surface area contributed by atoms with Crippen molar-refractivity contribution in [3.8, 4) is 0 Å². The molecule has 15 heavy (non-hydrogen) atoms. The predicted molar refractivity (Wildman–Crippen MR) is 60.9 cm³/mol. The Morgan fingerprint density at radius 2 is 2.13 bits per heavy atom.